The quantitative estimate of drug-likeness (QED) is 0.587. The third kappa shape index (κ3) is 8.41. The van der Waals surface area contributed by atoms with Gasteiger partial charge >= 0.3 is 12.2 Å². The zero-order valence-electron chi connectivity index (χ0n) is 13.3. The van der Waals surface area contributed by atoms with Crippen LogP contribution in [0.4, 0.5) is 9.59 Å². The van der Waals surface area contributed by atoms with Crippen LogP contribution in [0.3, 0.4) is 0 Å². The Morgan fingerprint density at radius 2 is 1.40 bits per heavy atom. The standard InChI is InChI=1S/C15H25NO4/c1-8-9-10-11-16(12(17)19-14(2,3)4)13(18)20-15(5,6)7/h1H,9-11H2,2-7H3. The lowest BCUT2D eigenvalue weighted by atomic mass is 10.2. The van der Waals surface area contributed by atoms with E-state index in [0.29, 0.717) is 12.8 Å². The maximum absolute atomic E-state index is 12.0. The number of carbonyl (C=O) groups excluding carboxylic acids is 2. The second-order valence-electron chi connectivity index (χ2n) is 6.42. The molecule has 0 bridgehead atoms. The third-order valence-corrected chi connectivity index (χ3v) is 1.93. The van der Waals surface area contributed by atoms with Crippen LogP contribution in [0.1, 0.15) is 54.4 Å². The van der Waals surface area contributed by atoms with Gasteiger partial charge in [-0.1, -0.05) is 0 Å². The van der Waals surface area contributed by atoms with Crippen molar-refractivity contribution in [1.29, 1.82) is 0 Å². The van der Waals surface area contributed by atoms with Crippen LogP contribution in [-0.2, 0) is 9.47 Å². The van der Waals surface area contributed by atoms with Crippen molar-refractivity contribution in [3.8, 4) is 12.3 Å². The Hall–Kier alpha value is -1.70. The molecule has 0 fully saturated rings. The van der Waals surface area contributed by atoms with Crippen LogP contribution in [0.2, 0.25) is 0 Å². The van der Waals surface area contributed by atoms with Gasteiger partial charge in [0, 0.05) is 13.0 Å². The highest BCUT2D eigenvalue weighted by Gasteiger charge is 2.30. The lowest BCUT2D eigenvalue weighted by Gasteiger charge is -2.28. The molecule has 2 amide bonds. The molecule has 0 aromatic heterocycles. The Morgan fingerprint density at radius 1 is 1.00 bits per heavy atom. The van der Waals surface area contributed by atoms with E-state index in [2.05, 4.69) is 5.92 Å². The van der Waals surface area contributed by atoms with E-state index in [9.17, 15) is 9.59 Å². The van der Waals surface area contributed by atoms with Gasteiger partial charge in [-0.3, -0.25) is 0 Å². The fourth-order valence-electron chi connectivity index (χ4n) is 1.23. The minimum atomic E-state index is -0.719. The summed E-state index contributed by atoms with van der Waals surface area (Å²) in [6.45, 7) is 10.6. The molecule has 0 aliphatic rings. The summed E-state index contributed by atoms with van der Waals surface area (Å²) in [5.41, 5.74) is -1.35. The molecular weight excluding hydrogens is 258 g/mol. The molecule has 0 N–H and O–H groups in total. The maximum Gasteiger partial charge on any atom is 0.419 e. The van der Waals surface area contributed by atoms with Crippen molar-refractivity contribution in [2.24, 2.45) is 0 Å². The second-order valence-corrected chi connectivity index (χ2v) is 6.42. The first-order valence-electron chi connectivity index (χ1n) is 6.63. The van der Waals surface area contributed by atoms with E-state index in [1.165, 1.54) is 0 Å². The van der Waals surface area contributed by atoms with Gasteiger partial charge in [-0.2, -0.15) is 0 Å². The van der Waals surface area contributed by atoms with Crippen LogP contribution in [0.5, 0.6) is 0 Å². The molecule has 0 saturated carbocycles. The van der Waals surface area contributed by atoms with Gasteiger partial charge in [-0.15, -0.1) is 12.3 Å². The molecule has 20 heavy (non-hydrogen) atoms. The van der Waals surface area contributed by atoms with E-state index >= 15 is 0 Å². The van der Waals surface area contributed by atoms with Gasteiger partial charge in [-0.25, -0.2) is 14.5 Å². The molecule has 0 rings (SSSR count). The van der Waals surface area contributed by atoms with E-state index < -0.39 is 23.4 Å². The van der Waals surface area contributed by atoms with Gasteiger partial charge in [0.15, 0.2) is 0 Å². The van der Waals surface area contributed by atoms with Crippen LogP contribution in [-0.4, -0.2) is 34.8 Å². The molecule has 0 spiro atoms. The molecule has 0 atom stereocenters. The first-order chi connectivity index (χ1) is 8.96. The molecule has 0 aliphatic heterocycles. The number of amides is 2. The topological polar surface area (TPSA) is 55.8 Å². The summed E-state index contributed by atoms with van der Waals surface area (Å²) in [7, 11) is 0. The van der Waals surface area contributed by atoms with Crippen molar-refractivity contribution in [2.45, 2.75) is 65.6 Å². The average Bonchev–Trinajstić information content (AvgIpc) is 2.18. The SMILES string of the molecule is C#CCCCN(C(=O)OC(C)(C)C)C(=O)OC(C)(C)C. The summed E-state index contributed by atoms with van der Waals surface area (Å²) >= 11 is 0. The summed E-state index contributed by atoms with van der Waals surface area (Å²) in [6, 6.07) is 0. The van der Waals surface area contributed by atoms with Crippen LogP contribution in [0.25, 0.3) is 0 Å². The van der Waals surface area contributed by atoms with Crippen LogP contribution < -0.4 is 0 Å². The second kappa shape index (κ2) is 7.18. The molecule has 5 heteroatoms. The Balaban J connectivity index is 4.84. The van der Waals surface area contributed by atoms with Gasteiger partial charge < -0.3 is 9.47 Å². The van der Waals surface area contributed by atoms with Crippen molar-refractivity contribution in [2.75, 3.05) is 6.54 Å². The van der Waals surface area contributed by atoms with Gasteiger partial charge in [0.25, 0.3) is 0 Å². The molecule has 0 heterocycles. The van der Waals surface area contributed by atoms with E-state index in [4.69, 9.17) is 15.9 Å². The number of nitrogens with zero attached hydrogens (tertiary/aromatic N) is 1. The van der Waals surface area contributed by atoms with E-state index in [1.54, 1.807) is 41.5 Å². The number of terminal acetylenes is 1. The predicted octanol–water partition coefficient (Wildman–Crippen LogP) is 3.57. The maximum atomic E-state index is 12.0. The molecule has 0 aromatic carbocycles. The first kappa shape index (κ1) is 18.3. The van der Waals surface area contributed by atoms with E-state index in [0.717, 1.165) is 4.90 Å². The molecule has 0 saturated heterocycles. The highest BCUT2D eigenvalue weighted by molar-refractivity contribution is 5.88. The molecule has 0 aliphatic carbocycles. The number of rotatable bonds is 3. The van der Waals surface area contributed by atoms with Crippen molar-refractivity contribution in [1.82, 2.24) is 4.90 Å². The highest BCUT2D eigenvalue weighted by atomic mass is 16.6. The normalized spacial score (nSPS) is 11.4. The number of unbranched alkanes of at least 4 members (excludes halogenated alkanes) is 1. The predicted molar refractivity (Wildman–Crippen MR) is 77.2 cm³/mol. The zero-order valence-corrected chi connectivity index (χ0v) is 13.3. The Labute approximate surface area is 121 Å². The first-order valence-corrected chi connectivity index (χ1v) is 6.63. The van der Waals surface area contributed by atoms with Gasteiger partial charge in [0.2, 0.25) is 0 Å². The fourth-order valence-corrected chi connectivity index (χ4v) is 1.23. The molecule has 0 unspecified atom stereocenters. The average molecular weight is 283 g/mol. The van der Waals surface area contributed by atoms with Crippen molar-refractivity contribution in [3.05, 3.63) is 0 Å². The lowest BCUT2D eigenvalue weighted by molar-refractivity contribution is 0.00136. The Bertz CT molecular complexity index is 354. The van der Waals surface area contributed by atoms with Crippen molar-refractivity contribution >= 4 is 12.2 Å². The summed E-state index contributed by atoms with van der Waals surface area (Å²) in [5.74, 6) is 2.47. The monoisotopic (exact) mass is 283 g/mol. The molecule has 0 radical (unpaired) electrons. The fraction of sp³-hybridized carbons (Fsp3) is 0.733. The van der Waals surface area contributed by atoms with Crippen molar-refractivity contribution in [3.63, 3.8) is 0 Å². The summed E-state index contributed by atoms with van der Waals surface area (Å²) in [4.78, 5) is 25.0. The van der Waals surface area contributed by atoms with Crippen LogP contribution in [0.15, 0.2) is 0 Å². The van der Waals surface area contributed by atoms with Gasteiger partial charge in [0.1, 0.15) is 11.2 Å². The minimum Gasteiger partial charge on any atom is -0.443 e. The Kier molecular flexibility index (Phi) is 6.57. The third-order valence-electron chi connectivity index (χ3n) is 1.93. The minimum absolute atomic E-state index is 0.175. The zero-order chi connectivity index (χ0) is 16.0. The number of carbonyl (C=O) groups is 2. The number of hydrogen-bond acceptors (Lipinski definition) is 4. The van der Waals surface area contributed by atoms with Crippen molar-refractivity contribution < 1.29 is 19.1 Å². The summed E-state index contributed by atoms with van der Waals surface area (Å²) in [5, 5.41) is 0. The summed E-state index contributed by atoms with van der Waals surface area (Å²) in [6.07, 6.45) is 4.72. The van der Waals surface area contributed by atoms with Gasteiger partial charge in [0.05, 0.1) is 0 Å². The smallest absolute Gasteiger partial charge is 0.419 e. The summed E-state index contributed by atoms with van der Waals surface area (Å²) < 4.78 is 10.4. The highest BCUT2D eigenvalue weighted by Crippen LogP contribution is 2.15. The largest absolute Gasteiger partial charge is 0.443 e. The molecule has 5 nitrogen and oxygen atoms in total. The van der Waals surface area contributed by atoms with Gasteiger partial charge in [-0.05, 0) is 48.0 Å². The Morgan fingerprint density at radius 3 is 1.70 bits per heavy atom. The number of hydrogen-bond donors (Lipinski definition) is 0. The lowest BCUT2D eigenvalue weighted by Crippen LogP contribution is -2.44. The van der Waals surface area contributed by atoms with Crippen LogP contribution in [0, 0.1) is 12.3 Å². The van der Waals surface area contributed by atoms with E-state index in [1.807, 2.05) is 0 Å². The number of imide groups is 1. The van der Waals surface area contributed by atoms with E-state index in [-0.39, 0.29) is 6.54 Å². The number of ether oxygens (including phenoxy) is 2. The molecule has 114 valence electrons. The van der Waals surface area contributed by atoms with Crippen LogP contribution >= 0.6 is 0 Å². The molecule has 0 aromatic rings. The molecular formula is C15H25NO4.